The zero-order valence-electron chi connectivity index (χ0n) is 20.4. The molecule has 12 heteroatoms. The topological polar surface area (TPSA) is 79.4 Å². The Labute approximate surface area is 216 Å². The van der Waals surface area contributed by atoms with Gasteiger partial charge in [0, 0.05) is 42.3 Å². The number of rotatable bonds is 9. The second-order valence-electron chi connectivity index (χ2n) is 8.95. The minimum absolute atomic E-state index is 0.0513. The molecule has 7 nitrogen and oxygen atoms in total. The van der Waals surface area contributed by atoms with E-state index >= 15 is 0 Å². The number of ether oxygens (including phenoxy) is 1. The van der Waals surface area contributed by atoms with Crippen molar-refractivity contribution >= 4 is 17.4 Å². The number of anilines is 2. The van der Waals surface area contributed by atoms with Crippen LogP contribution in [0.25, 0.3) is 0 Å². The Morgan fingerprint density at radius 2 is 1.84 bits per heavy atom. The molecule has 1 amide bonds. The predicted molar refractivity (Wildman–Crippen MR) is 131 cm³/mol. The van der Waals surface area contributed by atoms with Crippen molar-refractivity contribution in [3.63, 3.8) is 0 Å². The Morgan fingerprint density at radius 1 is 1.08 bits per heavy atom. The minimum Gasteiger partial charge on any atom is -0.476 e. The van der Waals surface area contributed by atoms with E-state index in [9.17, 15) is 26.7 Å². The number of nitrogens with one attached hydrogen (secondary N) is 2. The molecule has 38 heavy (non-hydrogen) atoms. The first-order valence-corrected chi connectivity index (χ1v) is 11.9. The number of nitrogens with zero attached hydrogens (tertiary/aromatic N) is 3. The monoisotopic (exact) mass is 535 g/mol. The van der Waals surface area contributed by atoms with E-state index in [0.717, 1.165) is 37.1 Å². The summed E-state index contributed by atoms with van der Waals surface area (Å²) in [6, 6.07) is 10.2. The van der Waals surface area contributed by atoms with Crippen LogP contribution in [0.15, 0.2) is 60.9 Å². The zero-order chi connectivity index (χ0) is 27.3. The number of halogens is 5. The van der Waals surface area contributed by atoms with E-state index in [1.807, 2.05) is 0 Å². The summed E-state index contributed by atoms with van der Waals surface area (Å²) in [5.74, 6) is -4.86. The SMILES string of the molecule is CN1CCC[C@H]1COc1cc(CNc2ncccc2C(=O)Nc2ccc(C(F)(F)C(F)(F)F)cc2)ccn1. The molecule has 1 saturated heterocycles. The lowest BCUT2D eigenvalue weighted by molar-refractivity contribution is -0.289. The molecule has 2 aromatic heterocycles. The summed E-state index contributed by atoms with van der Waals surface area (Å²) in [5.41, 5.74) is -0.168. The van der Waals surface area contributed by atoms with Crippen molar-refractivity contribution in [3.05, 3.63) is 77.6 Å². The van der Waals surface area contributed by atoms with Gasteiger partial charge in [0.1, 0.15) is 12.4 Å². The molecule has 4 rings (SSSR count). The molecule has 0 spiro atoms. The molecule has 2 N–H and O–H groups in total. The number of likely N-dealkylation sites (tertiary alicyclic amines) is 1. The molecule has 1 aliphatic rings. The quantitative estimate of drug-likeness (QED) is 0.354. The Bertz CT molecular complexity index is 1250. The van der Waals surface area contributed by atoms with Crippen molar-refractivity contribution in [1.82, 2.24) is 14.9 Å². The van der Waals surface area contributed by atoms with Gasteiger partial charge in [0.2, 0.25) is 5.88 Å². The third kappa shape index (κ3) is 6.36. The third-order valence-corrected chi connectivity index (χ3v) is 6.27. The number of amides is 1. The maximum atomic E-state index is 13.5. The second kappa shape index (κ2) is 11.3. The highest BCUT2D eigenvalue weighted by Gasteiger charge is 2.58. The number of aromatic nitrogens is 2. The van der Waals surface area contributed by atoms with E-state index in [0.29, 0.717) is 37.2 Å². The van der Waals surface area contributed by atoms with Crippen LogP contribution in [0.2, 0.25) is 0 Å². The predicted octanol–water partition coefficient (Wildman–Crippen LogP) is 5.47. The molecule has 0 saturated carbocycles. The van der Waals surface area contributed by atoms with E-state index in [1.165, 1.54) is 12.3 Å². The number of alkyl halides is 5. The molecule has 1 aromatic carbocycles. The largest absolute Gasteiger partial charge is 0.476 e. The van der Waals surface area contributed by atoms with Gasteiger partial charge in [-0.05, 0) is 62.3 Å². The van der Waals surface area contributed by atoms with Crippen LogP contribution in [0.5, 0.6) is 5.88 Å². The van der Waals surface area contributed by atoms with Crippen molar-refractivity contribution in [2.75, 3.05) is 30.8 Å². The smallest absolute Gasteiger partial charge is 0.458 e. The van der Waals surface area contributed by atoms with Crippen molar-refractivity contribution in [3.8, 4) is 5.88 Å². The minimum atomic E-state index is -5.72. The molecule has 1 aliphatic heterocycles. The standard InChI is InChI=1S/C26H26F5N5O2/c1-36-13-3-4-20(36)16-38-22-14-17(10-12-32-22)15-34-23-21(5-2-11-33-23)24(37)35-19-8-6-18(7-9-19)25(27,28)26(29,30)31/h2,5-12,14,20H,3-4,13,15-16H2,1H3,(H,33,34)(H,35,37)/t20-/m0/s1. The maximum absolute atomic E-state index is 13.5. The Morgan fingerprint density at radius 3 is 2.53 bits per heavy atom. The van der Waals surface area contributed by atoms with Crippen molar-refractivity contribution < 1.29 is 31.5 Å². The van der Waals surface area contributed by atoms with Crippen LogP contribution in [0.4, 0.5) is 33.5 Å². The van der Waals surface area contributed by atoms with Gasteiger partial charge in [-0.25, -0.2) is 9.97 Å². The molecular formula is C26H26F5N5O2. The lowest BCUT2D eigenvalue weighted by atomic mass is 10.1. The summed E-state index contributed by atoms with van der Waals surface area (Å²) < 4.78 is 70.6. The fraction of sp³-hybridized carbons (Fsp3) is 0.346. The normalized spacial score (nSPS) is 16.3. The maximum Gasteiger partial charge on any atom is 0.458 e. The molecule has 202 valence electrons. The van der Waals surface area contributed by atoms with Crippen LogP contribution in [-0.2, 0) is 12.5 Å². The first-order chi connectivity index (χ1) is 18.0. The highest BCUT2D eigenvalue weighted by atomic mass is 19.4. The average Bonchev–Trinajstić information content (AvgIpc) is 3.31. The molecule has 0 bridgehead atoms. The van der Waals surface area contributed by atoms with Gasteiger partial charge in [0.05, 0.1) is 5.56 Å². The Balaban J connectivity index is 1.38. The summed E-state index contributed by atoms with van der Waals surface area (Å²) in [6.45, 7) is 1.89. The van der Waals surface area contributed by atoms with Gasteiger partial charge in [-0.3, -0.25) is 4.79 Å². The molecule has 1 fully saturated rings. The van der Waals surface area contributed by atoms with Gasteiger partial charge in [-0.1, -0.05) is 12.1 Å². The van der Waals surface area contributed by atoms with E-state index in [2.05, 4.69) is 32.5 Å². The molecule has 0 unspecified atom stereocenters. The third-order valence-electron chi connectivity index (χ3n) is 6.27. The fourth-order valence-electron chi connectivity index (χ4n) is 4.05. The van der Waals surface area contributed by atoms with Crippen LogP contribution in [-0.4, -0.2) is 53.2 Å². The van der Waals surface area contributed by atoms with Gasteiger partial charge >= 0.3 is 12.1 Å². The lowest BCUT2D eigenvalue weighted by Gasteiger charge is -2.20. The number of hydrogen-bond acceptors (Lipinski definition) is 6. The lowest BCUT2D eigenvalue weighted by Crippen LogP contribution is -2.33. The van der Waals surface area contributed by atoms with E-state index in [-0.39, 0.29) is 17.1 Å². The number of likely N-dealkylation sites (N-methyl/N-ethyl adjacent to an activating group) is 1. The van der Waals surface area contributed by atoms with Crippen LogP contribution in [0, 0.1) is 0 Å². The highest BCUT2D eigenvalue weighted by molar-refractivity contribution is 6.07. The number of carbonyl (C=O) groups is 1. The van der Waals surface area contributed by atoms with Gasteiger partial charge < -0.3 is 20.3 Å². The van der Waals surface area contributed by atoms with Crippen LogP contribution >= 0.6 is 0 Å². The van der Waals surface area contributed by atoms with Crippen molar-refractivity contribution in [2.45, 2.75) is 37.5 Å². The van der Waals surface area contributed by atoms with E-state index < -0.39 is 23.6 Å². The molecule has 3 heterocycles. The average molecular weight is 536 g/mol. The highest BCUT2D eigenvalue weighted by Crippen LogP contribution is 2.43. The molecule has 0 aliphatic carbocycles. The van der Waals surface area contributed by atoms with Gasteiger partial charge in [0.15, 0.2) is 0 Å². The fourth-order valence-corrected chi connectivity index (χ4v) is 4.05. The van der Waals surface area contributed by atoms with Gasteiger partial charge in [0.25, 0.3) is 5.91 Å². The van der Waals surface area contributed by atoms with Gasteiger partial charge in [-0.15, -0.1) is 0 Å². The van der Waals surface area contributed by atoms with Crippen molar-refractivity contribution in [2.24, 2.45) is 0 Å². The van der Waals surface area contributed by atoms with Gasteiger partial charge in [-0.2, -0.15) is 22.0 Å². The summed E-state index contributed by atoms with van der Waals surface area (Å²) in [4.78, 5) is 23.5. The molecule has 0 radical (unpaired) electrons. The first kappa shape index (κ1) is 27.2. The Kier molecular flexibility index (Phi) is 8.10. The number of carbonyl (C=O) groups excluding carboxylic acids is 1. The summed E-state index contributed by atoms with van der Waals surface area (Å²) >= 11 is 0. The first-order valence-electron chi connectivity index (χ1n) is 11.9. The molecular weight excluding hydrogens is 509 g/mol. The number of pyridine rings is 2. The van der Waals surface area contributed by atoms with Crippen LogP contribution in [0.3, 0.4) is 0 Å². The van der Waals surface area contributed by atoms with E-state index in [1.54, 1.807) is 24.4 Å². The van der Waals surface area contributed by atoms with Crippen LogP contribution in [0.1, 0.15) is 34.3 Å². The zero-order valence-corrected chi connectivity index (χ0v) is 20.4. The summed E-state index contributed by atoms with van der Waals surface area (Å²) in [6.07, 6.45) is -0.384. The summed E-state index contributed by atoms with van der Waals surface area (Å²) in [7, 11) is 2.07. The Hall–Kier alpha value is -3.80. The van der Waals surface area contributed by atoms with E-state index in [4.69, 9.17) is 4.74 Å². The van der Waals surface area contributed by atoms with Crippen LogP contribution < -0.4 is 15.4 Å². The second-order valence-corrected chi connectivity index (χ2v) is 8.95. The number of benzene rings is 1. The van der Waals surface area contributed by atoms with Crippen molar-refractivity contribution in [1.29, 1.82) is 0 Å². The molecule has 1 atom stereocenters. The molecule has 3 aromatic rings. The number of hydrogen-bond donors (Lipinski definition) is 2. The summed E-state index contributed by atoms with van der Waals surface area (Å²) in [5, 5.41) is 5.58.